The monoisotopic (exact) mass is 302 g/mol. The number of carboxylic acid groups (broad SMARTS) is 1. The van der Waals surface area contributed by atoms with E-state index in [1.807, 2.05) is 6.92 Å². The Morgan fingerprint density at radius 1 is 1.50 bits per heavy atom. The third-order valence-electron chi connectivity index (χ3n) is 4.08. The minimum Gasteiger partial charge on any atom is -0.477 e. The highest BCUT2D eigenvalue weighted by atomic mass is 16.4. The Hall–Kier alpha value is -2.44. The maximum Gasteiger partial charge on any atom is 0.341 e. The molecule has 0 aliphatic carbocycles. The van der Waals surface area contributed by atoms with Gasteiger partial charge in [-0.25, -0.2) is 9.78 Å². The molecule has 1 fully saturated rings. The molecule has 1 aliphatic rings. The molecule has 3 rings (SSSR count). The van der Waals surface area contributed by atoms with Crippen LogP contribution in [0.3, 0.4) is 0 Å². The van der Waals surface area contributed by atoms with Crippen LogP contribution in [0.15, 0.2) is 17.2 Å². The van der Waals surface area contributed by atoms with Crippen LogP contribution in [0.2, 0.25) is 0 Å². The largest absolute Gasteiger partial charge is 0.477 e. The Balaban J connectivity index is 2.18. The number of aromatic carboxylic acids is 1. The predicted molar refractivity (Wildman–Crippen MR) is 82.4 cm³/mol. The Morgan fingerprint density at radius 3 is 2.86 bits per heavy atom. The highest BCUT2D eigenvalue weighted by Gasteiger charge is 2.22. The zero-order valence-corrected chi connectivity index (χ0v) is 12.6. The first kappa shape index (κ1) is 14.5. The topological polar surface area (TPSA) is 88.3 Å². The van der Waals surface area contributed by atoms with Crippen LogP contribution in [-0.4, -0.2) is 38.7 Å². The van der Waals surface area contributed by atoms with E-state index in [1.165, 1.54) is 12.4 Å². The smallest absolute Gasteiger partial charge is 0.341 e. The molecule has 1 N–H and O–H groups in total. The number of aryl methyl sites for hydroxylation is 1. The van der Waals surface area contributed by atoms with E-state index >= 15 is 0 Å². The van der Waals surface area contributed by atoms with Crippen molar-refractivity contribution >= 4 is 23.0 Å². The van der Waals surface area contributed by atoms with Crippen molar-refractivity contribution in [3.05, 3.63) is 28.2 Å². The predicted octanol–water partition coefficient (Wildman–Crippen LogP) is 1.36. The first-order valence-electron chi connectivity index (χ1n) is 7.39. The van der Waals surface area contributed by atoms with Gasteiger partial charge >= 0.3 is 5.97 Å². The summed E-state index contributed by atoms with van der Waals surface area (Å²) < 4.78 is 1.69. The Morgan fingerprint density at radius 2 is 2.27 bits per heavy atom. The number of rotatable bonds is 3. The molecule has 2 aromatic heterocycles. The minimum atomic E-state index is -1.23. The second-order valence-corrected chi connectivity index (χ2v) is 5.71. The standard InChI is InChI=1S/C15H18N4O3/c1-3-18-8-11(14(21)22)12(20)10-6-16-15(17-13(10)18)19-5-4-9(2)7-19/h6,8-9H,3-5,7H2,1-2H3,(H,21,22). The molecule has 0 saturated carbocycles. The fourth-order valence-corrected chi connectivity index (χ4v) is 2.83. The number of anilines is 1. The summed E-state index contributed by atoms with van der Waals surface area (Å²) in [6.07, 6.45) is 3.90. The second kappa shape index (κ2) is 5.40. The lowest BCUT2D eigenvalue weighted by atomic mass is 10.2. The number of fused-ring (bicyclic) bond motifs is 1. The van der Waals surface area contributed by atoms with Gasteiger partial charge in [-0.2, -0.15) is 4.98 Å². The van der Waals surface area contributed by atoms with Crippen LogP contribution in [0.1, 0.15) is 30.6 Å². The van der Waals surface area contributed by atoms with E-state index in [0.29, 0.717) is 24.1 Å². The Kier molecular flexibility index (Phi) is 3.56. The molecule has 1 atom stereocenters. The molecule has 1 unspecified atom stereocenters. The number of nitrogens with zero attached hydrogens (tertiary/aromatic N) is 4. The van der Waals surface area contributed by atoms with Crippen molar-refractivity contribution in [2.75, 3.05) is 18.0 Å². The van der Waals surface area contributed by atoms with Crippen molar-refractivity contribution in [2.45, 2.75) is 26.8 Å². The molecule has 0 amide bonds. The fourth-order valence-electron chi connectivity index (χ4n) is 2.83. The van der Waals surface area contributed by atoms with Crippen molar-refractivity contribution < 1.29 is 9.90 Å². The number of aromatic nitrogens is 3. The van der Waals surface area contributed by atoms with E-state index in [2.05, 4.69) is 21.8 Å². The van der Waals surface area contributed by atoms with Gasteiger partial charge in [0.05, 0.1) is 5.39 Å². The Bertz CT molecular complexity index is 799. The molecule has 2 aromatic rings. The second-order valence-electron chi connectivity index (χ2n) is 5.71. The molecule has 3 heterocycles. The number of hydrogen-bond donors (Lipinski definition) is 1. The van der Waals surface area contributed by atoms with E-state index in [9.17, 15) is 9.59 Å². The molecule has 0 spiro atoms. The summed E-state index contributed by atoms with van der Waals surface area (Å²) in [6, 6.07) is 0. The van der Waals surface area contributed by atoms with E-state index < -0.39 is 11.4 Å². The quantitative estimate of drug-likeness (QED) is 0.921. The molecule has 0 radical (unpaired) electrons. The highest BCUT2D eigenvalue weighted by molar-refractivity contribution is 5.91. The zero-order valence-electron chi connectivity index (χ0n) is 12.6. The molecular formula is C15H18N4O3. The van der Waals surface area contributed by atoms with Crippen LogP contribution >= 0.6 is 0 Å². The molecule has 7 heteroatoms. The molecule has 1 aliphatic heterocycles. The van der Waals surface area contributed by atoms with Crippen LogP contribution in [0.25, 0.3) is 11.0 Å². The van der Waals surface area contributed by atoms with Gasteiger partial charge in [-0.05, 0) is 19.3 Å². The third kappa shape index (κ3) is 2.32. The molecule has 7 nitrogen and oxygen atoms in total. The Labute approximate surface area is 127 Å². The first-order chi connectivity index (χ1) is 10.5. The van der Waals surface area contributed by atoms with Gasteiger partial charge in [0.25, 0.3) is 0 Å². The average molecular weight is 302 g/mol. The van der Waals surface area contributed by atoms with Crippen molar-refractivity contribution in [1.82, 2.24) is 14.5 Å². The van der Waals surface area contributed by atoms with Gasteiger partial charge in [0.1, 0.15) is 11.2 Å². The van der Waals surface area contributed by atoms with Gasteiger partial charge in [0.2, 0.25) is 11.4 Å². The minimum absolute atomic E-state index is 0.248. The average Bonchev–Trinajstić information content (AvgIpc) is 2.93. The maximum absolute atomic E-state index is 12.2. The lowest BCUT2D eigenvalue weighted by Crippen LogP contribution is -2.24. The lowest BCUT2D eigenvalue weighted by molar-refractivity contribution is 0.0695. The number of hydrogen-bond acceptors (Lipinski definition) is 5. The van der Waals surface area contributed by atoms with Crippen LogP contribution in [-0.2, 0) is 6.54 Å². The third-order valence-corrected chi connectivity index (χ3v) is 4.08. The number of pyridine rings is 1. The van der Waals surface area contributed by atoms with Crippen molar-refractivity contribution in [1.29, 1.82) is 0 Å². The molecule has 116 valence electrons. The van der Waals surface area contributed by atoms with E-state index in [-0.39, 0.29) is 10.9 Å². The zero-order chi connectivity index (χ0) is 15.9. The molecule has 0 bridgehead atoms. The molecular weight excluding hydrogens is 284 g/mol. The van der Waals surface area contributed by atoms with Gasteiger partial charge in [-0.15, -0.1) is 0 Å². The van der Waals surface area contributed by atoms with Crippen molar-refractivity contribution in [3.63, 3.8) is 0 Å². The van der Waals surface area contributed by atoms with Crippen LogP contribution < -0.4 is 10.3 Å². The van der Waals surface area contributed by atoms with Crippen LogP contribution in [0.5, 0.6) is 0 Å². The summed E-state index contributed by atoms with van der Waals surface area (Å²) in [5, 5.41) is 9.39. The molecule has 22 heavy (non-hydrogen) atoms. The van der Waals surface area contributed by atoms with Gasteiger partial charge in [0, 0.05) is 32.0 Å². The summed E-state index contributed by atoms with van der Waals surface area (Å²) in [4.78, 5) is 34.3. The van der Waals surface area contributed by atoms with E-state index in [0.717, 1.165) is 19.5 Å². The van der Waals surface area contributed by atoms with E-state index in [4.69, 9.17) is 5.11 Å². The van der Waals surface area contributed by atoms with Gasteiger partial charge in [-0.1, -0.05) is 6.92 Å². The number of carboxylic acids is 1. The summed E-state index contributed by atoms with van der Waals surface area (Å²) in [5.41, 5.74) is -0.295. The van der Waals surface area contributed by atoms with Crippen molar-refractivity contribution in [3.8, 4) is 0 Å². The summed E-state index contributed by atoms with van der Waals surface area (Å²) in [7, 11) is 0. The van der Waals surface area contributed by atoms with Gasteiger partial charge < -0.3 is 14.6 Å². The van der Waals surface area contributed by atoms with Crippen LogP contribution in [0, 0.1) is 5.92 Å². The first-order valence-corrected chi connectivity index (χ1v) is 7.39. The fraction of sp³-hybridized carbons (Fsp3) is 0.467. The van der Waals surface area contributed by atoms with E-state index in [1.54, 1.807) is 4.57 Å². The SMILES string of the molecule is CCn1cc(C(=O)O)c(=O)c2cnc(N3CCC(C)C3)nc21. The summed E-state index contributed by atoms with van der Waals surface area (Å²) in [6.45, 7) is 6.40. The van der Waals surface area contributed by atoms with Gasteiger partial charge in [-0.3, -0.25) is 4.79 Å². The maximum atomic E-state index is 12.2. The highest BCUT2D eigenvalue weighted by Crippen LogP contribution is 2.21. The van der Waals surface area contributed by atoms with Crippen LogP contribution in [0.4, 0.5) is 5.95 Å². The summed E-state index contributed by atoms with van der Waals surface area (Å²) >= 11 is 0. The van der Waals surface area contributed by atoms with Crippen molar-refractivity contribution in [2.24, 2.45) is 5.92 Å². The lowest BCUT2D eigenvalue weighted by Gasteiger charge is -2.17. The molecule has 1 saturated heterocycles. The number of carbonyl (C=O) groups is 1. The molecule has 0 aromatic carbocycles. The summed E-state index contributed by atoms with van der Waals surface area (Å²) in [5.74, 6) is -0.0323. The van der Waals surface area contributed by atoms with Gasteiger partial charge in [0.15, 0.2) is 0 Å². The normalized spacial score (nSPS) is 18.1.